The maximum Gasteiger partial charge on any atom is 0.262 e. The van der Waals surface area contributed by atoms with Crippen molar-refractivity contribution >= 4 is 12.0 Å². The van der Waals surface area contributed by atoms with Crippen molar-refractivity contribution in [3.8, 4) is 6.07 Å². The lowest BCUT2D eigenvalue weighted by Gasteiger charge is -2.01. The third-order valence-electron chi connectivity index (χ3n) is 3.78. The van der Waals surface area contributed by atoms with Crippen molar-refractivity contribution in [2.75, 3.05) is 0 Å². The molecule has 1 fully saturated rings. The number of furan rings is 2. The van der Waals surface area contributed by atoms with Crippen LogP contribution < -0.4 is 5.32 Å². The molecule has 0 aliphatic heterocycles. The summed E-state index contributed by atoms with van der Waals surface area (Å²) < 4.78 is 10.8. The number of nitrogens with zero attached hydrogens (tertiary/aromatic N) is 1. The molecule has 112 valence electrons. The van der Waals surface area contributed by atoms with Gasteiger partial charge in [-0.2, -0.15) is 5.26 Å². The summed E-state index contributed by atoms with van der Waals surface area (Å²) in [7, 11) is 0. The van der Waals surface area contributed by atoms with Crippen LogP contribution in [0.4, 0.5) is 0 Å². The molecule has 22 heavy (non-hydrogen) atoms. The highest BCUT2D eigenvalue weighted by Crippen LogP contribution is 2.47. The molecule has 5 nitrogen and oxygen atoms in total. The van der Waals surface area contributed by atoms with Gasteiger partial charge in [-0.3, -0.25) is 4.79 Å². The highest BCUT2D eigenvalue weighted by molar-refractivity contribution is 6.01. The standard InChI is InChI=1S/C17H16N2O3/c1-11-7-15(11)16-5-4-13(22-16)8-12(9-18)17(20)19-10-14-3-2-6-21-14/h2-6,8,11,15H,7,10H2,1H3,(H,19,20)/b12-8+/t11-,15-/m0/s1. The van der Waals surface area contributed by atoms with Crippen molar-refractivity contribution in [1.29, 1.82) is 5.26 Å². The average molecular weight is 296 g/mol. The van der Waals surface area contributed by atoms with Crippen molar-refractivity contribution in [3.05, 3.63) is 53.4 Å². The molecular weight excluding hydrogens is 280 g/mol. The third kappa shape index (κ3) is 3.12. The van der Waals surface area contributed by atoms with Crippen molar-refractivity contribution in [3.63, 3.8) is 0 Å². The highest BCUT2D eigenvalue weighted by atomic mass is 16.3. The molecule has 2 aromatic rings. The normalized spacial score (nSPS) is 20.5. The molecule has 2 atom stereocenters. The van der Waals surface area contributed by atoms with Crippen LogP contribution in [-0.2, 0) is 11.3 Å². The lowest BCUT2D eigenvalue weighted by molar-refractivity contribution is -0.117. The van der Waals surface area contributed by atoms with E-state index in [1.807, 2.05) is 12.1 Å². The largest absolute Gasteiger partial charge is 0.467 e. The zero-order valence-electron chi connectivity index (χ0n) is 12.2. The Balaban J connectivity index is 1.66. The van der Waals surface area contributed by atoms with E-state index in [-0.39, 0.29) is 12.1 Å². The molecule has 2 heterocycles. The van der Waals surface area contributed by atoms with E-state index in [2.05, 4.69) is 12.2 Å². The number of hydrogen-bond donors (Lipinski definition) is 1. The Hall–Kier alpha value is -2.74. The topological polar surface area (TPSA) is 79.2 Å². The van der Waals surface area contributed by atoms with E-state index < -0.39 is 5.91 Å². The Morgan fingerprint density at radius 3 is 2.95 bits per heavy atom. The zero-order valence-corrected chi connectivity index (χ0v) is 12.2. The lowest BCUT2D eigenvalue weighted by Crippen LogP contribution is -2.23. The number of nitriles is 1. The Kier molecular flexibility index (Phi) is 3.84. The van der Waals surface area contributed by atoms with Gasteiger partial charge in [0, 0.05) is 12.0 Å². The average Bonchev–Trinajstić information content (AvgIpc) is 2.97. The summed E-state index contributed by atoms with van der Waals surface area (Å²) in [5.41, 5.74) is 0.0105. The minimum absolute atomic E-state index is 0.0105. The Bertz CT molecular complexity index is 734. The fraction of sp³-hybridized carbons (Fsp3) is 0.294. The van der Waals surface area contributed by atoms with E-state index in [0.29, 0.717) is 23.4 Å². The molecule has 1 amide bonds. The van der Waals surface area contributed by atoms with E-state index in [0.717, 1.165) is 12.2 Å². The van der Waals surface area contributed by atoms with Crippen LogP contribution in [-0.4, -0.2) is 5.91 Å². The highest BCUT2D eigenvalue weighted by Gasteiger charge is 2.36. The second kappa shape index (κ2) is 5.94. The zero-order chi connectivity index (χ0) is 15.5. The molecule has 0 spiro atoms. The van der Waals surface area contributed by atoms with Crippen LogP contribution >= 0.6 is 0 Å². The number of carbonyl (C=O) groups is 1. The van der Waals surface area contributed by atoms with Crippen LogP contribution in [0.3, 0.4) is 0 Å². The first kappa shape index (κ1) is 14.2. The molecule has 1 aliphatic carbocycles. The van der Waals surface area contributed by atoms with Gasteiger partial charge in [0.2, 0.25) is 0 Å². The predicted octanol–water partition coefficient (Wildman–Crippen LogP) is 3.22. The van der Waals surface area contributed by atoms with Gasteiger partial charge in [0.15, 0.2) is 0 Å². The molecule has 0 saturated heterocycles. The van der Waals surface area contributed by atoms with Crippen molar-refractivity contribution in [2.24, 2.45) is 5.92 Å². The van der Waals surface area contributed by atoms with E-state index in [1.54, 1.807) is 18.2 Å². The maximum absolute atomic E-state index is 12.0. The van der Waals surface area contributed by atoms with Gasteiger partial charge in [-0.15, -0.1) is 0 Å². The summed E-state index contributed by atoms with van der Waals surface area (Å²) in [4.78, 5) is 12.0. The molecule has 0 bridgehead atoms. The summed E-state index contributed by atoms with van der Waals surface area (Å²) in [6, 6.07) is 9.10. The molecule has 1 saturated carbocycles. The summed E-state index contributed by atoms with van der Waals surface area (Å²) >= 11 is 0. The van der Waals surface area contributed by atoms with E-state index in [4.69, 9.17) is 14.1 Å². The Labute approximate surface area is 128 Å². The molecule has 2 aromatic heterocycles. The summed E-state index contributed by atoms with van der Waals surface area (Å²) in [5.74, 6) is 2.76. The maximum atomic E-state index is 12.0. The summed E-state index contributed by atoms with van der Waals surface area (Å²) in [5, 5.41) is 11.8. The first-order chi connectivity index (χ1) is 10.7. The van der Waals surface area contributed by atoms with E-state index in [9.17, 15) is 4.79 Å². The fourth-order valence-electron chi connectivity index (χ4n) is 2.33. The van der Waals surface area contributed by atoms with Gasteiger partial charge in [-0.25, -0.2) is 0 Å². The number of carbonyl (C=O) groups excluding carboxylic acids is 1. The van der Waals surface area contributed by atoms with Crippen LogP contribution in [0.5, 0.6) is 0 Å². The molecular formula is C17H16N2O3. The molecule has 0 unspecified atom stereocenters. The van der Waals surface area contributed by atoms with Crippen LogP contribution in [0, 0.1) is 17.2 Å². The van der Waals surface area contributed by atoms with Gasteiger partial charge in [0.05, 0.1) is 12.8 Å². The van der Waals surface area contributed by atoms with Crippen LogP contribution in [0.1, 0.15) is 36.5 Å². The van der Waals surface area contributed by atoms with Crippen molar-refractivity contribution < 1.29 is 13.6 Å². The van der Waals surface area contributed by atoms with Crippen LogP contribution in [0.2, 0.25) is 0 Å². The minimum Gasteiger partial charge on any atom is -0.467 e. The van der Waals surface area contributed by atoms with Gasteiger partial charge < -0.3 is 14.2 Å². The Morgan fingerprint density at radius 1 is 1.50 bits per heavy atom. The molecule has 5 heteroatoms. The third-order valence-corrected chi connectivity index (χ3v) is 3.78. The van der Waals surface area contributed by atoms with E-state index >= 15 is 0 Å². The molecule has 1 N–H and O–H groups in total. The summed E-state index contributed by atoms with van der Waals surface area (Å²) in [6.45, 7) is 2.42. The number of nitrogens with one attached hydrogen (secondary N) is 1. The van der Waals surface area contributed by atoms with Crippen LogP contribution in [0.15, 0.2) is 44.9 Å². The quantitative estimate of drug-likeness (QED) is 0.678. The van der Waals surface area contributed by atoms with Gasteiger partial charge in [-0.1, -0.05) is 6.92 Å². The van der Waals surface area contributed by atoms with Gasteiger partial charge >= 0.3 is 0 Å². The second-order valence-corrected chi connectivity index (χ2v) is 5.49. The second-order valence-electron chi connectivity index (χ2n) is 5.49. The SMILES string of the molecule is C[C@H]1C[C@@H]1c1ccc(/C=C(\C#N)C(=O)NCc2ccco2)o1. The predicted molar refractivity (Wildman–Crippen MR) is 79.4 cm³/mol. The smallest absolute Gasteiger partial charge is 0.262 e. The summed E-state index contributed by atoms with van der Waals surface area (Å²) in [6.07, 6.45) is 4.13. The van der Waals surface area contributed by atoms with Gasteiger partial charge in [-0.05, 0) is 36.6 Å². The van der Waals surface area contributed by atoms with Gasteiger partial charge in [0.1, 0.15) is 28.9 Å². The first-order valence-electron chi connectivity index (χ1n) is 7.19. The van der Waals surface area contributed by atoms with Crippen molar-refractivity contribution in [1.82, 2.24) is 5.32 Å². The van der Waals surface area contributed by atoms with E-state index in [1.165, 1.54) is 12.3 Å². The van der Waals surface area contributed by atoms with Crippen molar-refractivity contribution in [2.45, 2.75) is 25.8 Å². The Morgan fingerprint density at radius 2 is 2.32 bits per heavy atom. The lowest BCUT2D eigenvalue weighted by atomic mass is 10.2. The molecule has 3 rings (SSSR count). The van der Waals surface area contributed by atoms with Gasteiger partial charge in [0.25, 0.3) is 5.91 Å². The molecule has 0 aromatic carbocycles. The molecule has 1 aliphatic rings. The number of rotatable bonds is 5. The fourth-order valence-corrected chi connectivity index (χ4v) is 2.33. The number of hydrogen-bond acceptors (Lipinski definition) is 4. The molecule has 0 radical (unpaired) electrons. The first-order valence-corrected chi connectivity index (χ1v) is 7.19. The monoisotopic (exact) mass is 296 g/mol. The van der Waals surface area contributed by atoms with Crippen LogP contribution in [0.25, 0.3) is 6.08 Å². The minimum atomic E-state index is -0.448. The number of amides is 1.